The Balaban J connectivity index is 2.57. The second-order valence-electron chi connectivity index (χ2n) is 10.2. The van der Waals surface area contributed by atoms with Gasteiger partial charge in [0, 0.05) is 60.8 Å². The molecule has 1 aliphatic carbocycles. The van der Waals surface area contributed by atoms with E-state index in [-0.39, 0.29) is 19.4 Å². The quantitative estimate of drug-likeness (QED) is 0.237. The predicted molar refractivity (Wildman–Crippen MR) is 139 cm³/mol. The summed E-state index contributed by atoms with van der Waals surface area (Å²) in [5.74, 6) is -5.34. The van der Waals surface area contributed by atoms with Crippen molar-refractivity contribution in [1.29, 1.82) is 0 Å². The summed E-state index contributed by atoms with van der Waals surface area (Å²) in [4.78, 5) is 83.5. The summed E-state index contributed by atoms with van der Waals surface area (Å²) >= 11 is 0. The molecule has 0 aromatic heterocycles. The molecule has 16 heteroatoms. The van der Waals surface area contributed by atoms with E-state index in [9.17, 15) is 33.6 Å². The van der Waals surface area contributed by atoms with E-state index >= 15 is 0 Å². The number of amides is 1. The topological polar surface area (TPSA) is 205 Å². The molecule has 0 spiro atoms. The van der Waals surface area contributed by atoms with E-state index in [1.54, 1.807) is 0 Å². The lowest BCUT2D eigenvalue weighted by Crippen LogP contribution is -2.65. The molecule has 2 fully saturated rings. The lowest BCUT2D eigenvalue weighted by Gasteiger charge is -2.47. The molecular formula is C27H39NO15. The van der Waals surface area contributed by atoms with Gasteiger partial charge in [-0.3, -0.25) is 33.6 Å². The largest absolute Gasteiger partial charge is 0.465 e. The van der Waals surface area contributed by atoms with Gasteiger partial charge in [0.2, 0.25) is 5.91 Å². The van der Waals surface area contributed by atoms with Gasteiger partial charge in [-0.05, 0) is 6.42 Å². The monoisotopic (exact) mass is 617 g/mol. The highest BCUT2D eigenvalue weighted by molar-refractivity contribution is 5.73. The summed E-state index contributed by atoms with van der Waals surface area (Å²) in [7, 11) is 0. The third kappa shape index (κ3) is 11.4. The maximum absolute atomic E-state index is 12.2. The van der Waals surface area contributed by atoms with Crippen molar-refractivity contribution in [2.75, 3.05) is 13.2 Å². The minimum atomic E-state index is -1.55. The number of rotatable bonds is 11. The van der Waals surface area contributed by atoms with Crippen LogP contribution in [0.5, 0.6) is 0 Å². The van der Waals surface area contributed by atoms with Crippen molar-refractivity contribution >= 4 is 41.7 Å². The molecule has 0 aromatic carbocycles. The van der Waals surface area contributed by atoms with Crippen LogP contribution in [-0.4, -0.2) is 104 Å². The zero-order valence-electron chi connectivity index (χ0n) is 25.1. The summed E-state index contributed by atoms with van der Waals surface area (Å²) < 4.78 is 44.3. The first-order chi connectivity index (χ1) is 20.1. The van der Waals surface area contributed by atoms with Gasteiger partial charge in [0.25, 0.3) is 0 Å². The van der Waals surface area contributed by atoms with Crippen LogP contribution in [0, 0.1) is 5.92 Å². The highest BCUT2D eigenvalue weighted by Crippen LogP contribution is 2.35. The molecule has 242 valence electrons. The van der Waals surface area contributed by atoms with Crippen LogP contribution in [0.3, 0.4) is 0 Å². The molecule has 0 bridgehead atoms. The minimum absolute atomic E-state index is 0.0218. The van der Waals surface area contributed by atoms with Crippen molar-refractivity contribution < 1.29 is 71.5 Å². The van der Waals surface area contributed by atoms with Crippen molar-refractivity contribution in [2.24, 2.45) is 5.92 Å². The van der Waals surface area contributed by atoms with Gasteiger partial charge in [-0.25, -0.2) is 0 Å². The van der Waals surface area contributed by atoms with E-state index in [0.29, 0.717) is 0 Å². The first kappa shape index (κ1) is 35.4. The van der Waals surface area contributed by atoms with E-state index in [0.717, 1.165) is 27.7 Å². The Morgan fingerprint density at radius 1 is 0.628 bits per heavy atom. The highest BCUT2D eigenvalue weighted by atomic mass is 16.7. The van der Waals surface area contributed by atoms with E-state index in [1.807, 2.05) is 0 Å². The number of nitrogens with one attached hydrogen (secondary N) is 1. The maximum Gasteiger partial charge on any atom is 0.303 e. The van der Waals surface area contributed by atoms with Gasteiger partial charge in [0.05, 0.1) is 18.8 Å². The Morgan fingerprint density at radius 3 is 1.65 bits per heavy atom. The van der Waals surface area contributed by atoms with Crippen molar-refractivity contribution in [3.8, 4) is 0 Å². The van der Waals surface area contributed by atoms with Crippen LogP contribution in [0.25, 0.3) is 0 Å². The van der Waals surface area contributed by atoms with Gasteiger partial charge in [-0.1, -0.05) is 0 Å². The minimum Gasteiger partial charge on any atom is -0.465 e. The number of hydrogen-bond acceptors (Lipinski definition) is 15. The first-order valence-electron chi connectivity index (χ1n) is 13.6. The van der Waals surface area contributed by atoms with Gasteiger partial charge in [-0.2, -0.15) is 0 Å². The highest BCUT2D eigenvalue weighted by Gasteiger charge is 2.54. The lowest BCUT2D eigenvalue weighted by atomic mass is 9.80. The van der Waals surface area contributed by atoms with Gasteiger partial charge < -0.3 is 43.2 Å². The molecular weight excluding hydrogens is 578 g/mol. The number of hydrogen-bond donors (Lipinski definition) is 1. The van der Waals surface area contributed by atoms with Gasteiger partial charge in [0.1, 0.15) is 18.8 Å². The number of carbonyl (C=O) groups is 7. The average molecular weight is 618 g/mol. The van der Waals surface area contributed by atoms with Crippen LogP contribution >= 0.6 is 0 Å². The van der Waals surface area contributed by atoms with E-state index < -0.39 is 103 Å². The van der Waals surface area contributed by atoms with Crippen LogP contribution in [0.4, 0.5) is 0 Å². The molecule has 0 unspecified atom stereocenters. The molecule has 0 radical (unpaired) electrons. The average Bonchev–Trinajstić information content (AvgIpc) is 2.85. The molecule has 1 saturated carbocycles. The summed E-state index contributed by atoms with van der Waals surface area (Å²) in [5, 5.41) is 2.77. The van der Waals surface area contributed by atoms with Crippen LogP contribution in [0.1, 0.15) is 61.3 Å². The Morgan fingerprint density at radius 2 is 1.14 bits per heavy atom. The van der Waals surface area contributed by atoms with Crippen molar-refractivity contribution in [2.45, 2.75) is 110 Å². The second kappa shape index (κ2) is 16.2. The Hall–Kier alpha value is -3.79. The summed E-state index contributed by atoms with van der Waals surface area (Å²) in [6.07, 6.45) is -8.73. The van der Waals surface area contributed by atoms with E-state index in [4.69, 9.17) is 37.9 Å². The second-order valence-corrected chi connectivity index (χ2v) is 10.2. The lowest BCUT2D eigenvalue weighted by molar-refractivity contribution is -0.322. The van der Waals surface area contributed by atoms with Crippen LogP contribution in [0.2, 0.25) is 0 Å². The van der Waals surface area contributed by atoms with Crippen molar-refractivity contribution in [1.82, 2.24) is 5.32 Å². The van der Waals surface area contributed by atoms with Crippen molar-refractivity contribution in [3.05, 3.63) is 0 Å². The van der Waals surface area contributed by atoms with Gasteiger partial charge in [0.15, 0.2) is 24.6 Å². The maximum atomic E-state index is 12.2. The fourth-order valence-electron chi connectivity index (χ4n) is 5.07. The van der Waals surface area contributed by atoms with Crippen LogP contribution in [0.15, 0.2) is 0 Å². The van der Waals surface area contributed by atoms with E-state index in [1.165, 1.54) is 20.8 Å². The Bertz CT molecular complexity index is 1060. The SMILES string of the molecule is CC(=O)N[C@H]1[C@@H](COC(C)=O)C[C@@H](OC(C)=O)C[C@H]1O[C@@H]1O[C@H](COC(C)=O)[C@@H](OC(C)=O)[C@H](OC(C)=O)[C@H]1OC(C)=O. The molecule has 1 amide bonds. The molecule has 16 nitrogen and oxygen atoms in total. The molecule has 1 saturated heterocycles. The molecule has 1 heterocycles. The smallest absolute Gasteiger partial charge is 0.303 e. The van der Waals surface area contributed by atoms with Crippen LogP contribution < -0.4 is 5.32 Å². The van der Waals surface area contributed by atoms with Gasteiger partial charge >= 0.3 is 35.8 Å². The summed E-state index contributed by atoms with van der Waals surface area (Å²) in [6, 6.07) is -0.824. The van der Waals surface area contributed by atoms with Gasteiger partial charge in [-0.15, -0.1) is 0 Å². The fraction of sp³-hybridized carbons (Fsp3) is 0.741. The number of ether oxygens (including phenoxy) is 8. The zero-order chi connectivity index (χ0) is 32.4. The number of esters is 6. The van der Waals surface area contributed by atoms with Crippen molar-refractivity contribution in [3.63, 3.8) is 0 Å². The Kier molecular flexibility index (Phi) is 13.3. The van der Waals surface area contributed by atoms with E-state index in [2.05, 4.69) is 5.32 Å². The normalized spacial score (nSPS) is 30.2. The third-order valence-electron chi connectivity index (χ3n) is 6.43. The molecule has 1 aliphatic heterocycles. The molecule has 9 atom stereocenters. The molecule has 0 aromatic rings. The first-order valence-corrected chi connectivity index (χ1v) is 13.6. The molecule has 2 rings (SSSR count). The standard InChI is InChI=1S/C27H39NO15/c1-12(29)28-23-19(10-36-13(2)30)8-20(38-15(4)32)9-21(23)42-27-26(41-18(7)35)25(40-17(6)34)24(39-16(5)33)22(43-27)11-37-14(3)31/h19-27H,8-11H2,1-7H3,(H,28,29)/t19-,20-,21-,22-,23+,24-,25+,26-,27-/m1/s1. The fourth-order valence-corrected chi connectivity index (χ4v) is 5.07. The predicted octanol–water partition coefficient (Wildman–Crippen LogP) is -0.136. The Labute approximate surface area is 248 Å². The number of carbonyl (C=O) groups excluding carboxylic acids is 7. The molecule has 43 heavy (non-hydrogen) atoms. The zero-order valence-corrected chi connectivity index (χ0v) is 25.1. The summed E-state index contributed by atoms with van der Waals surface area (Å²) in [6.45, 7) is 7.48. The molecule has 2 aliphatic rings. The third-order valence-corrected chi connectivity index (χ3v) is 6.43. The van der Waals surface area contributed by atoms with Crippen LogP contribution in [-0.2, 0) is 71.5 Å². The summed E-state index contributed by atoms with van der Waals surface area (Å²) in [5.41, 5.74) is 0. The molecule has 1 N–H and O–H groups in total.